The molecule has 0 radical (unpaired) electrons. The first kappa shape index (κ1) is 12.6. The number of fused-ring (bicyclic) bond motifs is 1. The first-order valence-corrected chi connectivity index (χ1v) is 6.56. The van der Waals surface area contributed by atoms with Gasteiger partial charge in [-0.05, 0) is 5.56 Å². The Labute approximate surface area is 117 Å². The fraction of sp³-hybridized carbons (Fsp3) is 0.267. The Kier molecular flexibility index (Phi) is 3.58. The third-order valence-electron chi connectivity index (χ3n) is 3.32. The summed E-state index contributed by atoms with van der Waals surface area (Å²) in [7, 11) is 0. The van der Waals surface area contributed by atoms with Gasteiger partial charge in [0.2, 0.25) is 0 Å². The lowest BCUT2D eigenvalue weighted by Gasteiger charge is -2.27. The standard InChI is InChI=1S/C15H15N3O2/c19-15(20-10-12-4-2-1-3-5-12)18-7-6-14-13(9-18)8-16-11-17-14/h1-5,8,11H,6-7,9-10H2. The summed E-state index contributed by atoms with van der Waals surface area (Å²) in [4.78, 5) is 21.9. The molecule has 0 saturated heterocycles. The van der Waals surface area contributed by atoms with Gasteiger partial charge in [0, 0.05) is 24.7 Å². The Morgan fingerprint density at radius 2 is 2.15 bits per heavy atom. The number of rotatable bonds is 2. The summed E-state index contributed by atoms with van der Waals surface area (Å²) in [6, 6.07) is 9.67. The topological polar surface area (TPSA) is 55.3 Å². The van der Waals surface area contributed by atoms with E-state index in [9.17, 15) is 4.79 Å². The highest BCUT2D eigenvalue weighted by molar-refractivity contribution is 5.68. The van der Waals surface area contributed by atoms with E-state index in [1.807, 2.05) is 30.3 Å². The van der Waals surface area contributed by atoms with Crippen molar-refractivity contribution in [2.45, 2.75) is 19.6 Å². The maximum Gasteiger partial charge on any atom is 0.410 e. The van der Waals surface area contributed by atoms with Gasteiger partial charge < -0.3 is 9.64 Å². The number of amides is 1. The number of hydrogen-bond donors (Lipinski definition) is 0. The molecule has 0 spiro atoms. The van der Waals surface area contributed by atoms with Gasteiger partial charge in [-0.1, -0.05) is 30.3 Å². The molecule has 1 aliphatic rings. The molecule has 0 atom stereocenters. The van der Waals surface area contributed by atoms with Crippen LogP contribution in [0.2, 0.25) is 0 Å². The number of benzene rings is 1. The lowest BCUT2D eigenvalue weighted by Crippen LogP contribution is -2.36. The second kappa shape index (κ2) is 5.69. The minimum Gasteiger partial charge on any atom is -0.445 e. The van der Waals surface area contributed by atoms with Crippen molar-refractivity contribution in [2.24, 2.45) is 0 Å². The van der Waals surface area contributed by atoms with Crippen LogP contribution in [-0.2, 0) is 24.3 Å². The maximum atomic E-state index is 12.0. The van der Waals surface area contributed by atoms with E-state index in [-0.39, 0.29) is 6.09 Å². The van der Waals surface area contributed by atoms with Gasteiger partial charge in [0.15, 0.2) is 0 Å². The summed E-state index contributed by atoms with van der Waals surface area (Å²) in [5.74, 6) is 0. The minimum atomic E-state index is -0.289. The Hall–Kier alpha value is -2.43. The van der Waals surface area contributed by atoms with E-state index in [2.05, 4.69) is 9.97 Å². The number of carbonyl (C=O) groups excluding carboxylic acids is 1. The number of aromatic nitrogens is 2. The van der Waals surface area contributed by atoms with Crippen LogP contribution in [0.5, 0.6) is 0 Å². The maximum absolute atomic E-state index is 12.0. The zero-order valence-electron chi connectivity index (χ0n) is 11.0. The minimum absolute atomic E-state index is 0.289. The molecule has 20 heavy (non-hydrogen) atoms. The van der Waals surface area contributed by atoms with Crippen LogP contribution in [0.1, 0.15) is 16.8 Å². The van der Waals surface area contributed by atoms with Crippen LogP contribution in [0, 0.1) is 0 Å². The molecule has 0 saturated carbocycles. The first-order chi connectivity index (χ1) is 9.83. The molecule has 5 heteroatoms. The molecule has 102 valence electrons. The molecule has 1 aromatic heterocycles. The molecular weight excluding hydrogens is 254 g/mol. The van der Waals surface area contributed by atoms with Crippen molar-refractivity contribution in [3.8, 4) is 0 Å². The van der Waals surface area contributed by atoms with Crippen molar-refractivity contribution in [3.05, 3.63) is 59.7 Å². The second-order valence-corrected chi connectivity index (χ2v) is 4.71. The predicted molar refractivity (Wildman–Crippen MR) is 72.8 cm³/mol. The van der Waals surface area contributed by atoms with Crippen LogP contribution in [-0.4, -0.2) is 27.5 Å². The number of nitrogens with zero attached hydrogens (tertiary/aromatic N) is 3. The molecule has 1 amide bonds. The lowest BCUT2D eigenvalue weighted by atomic mass is 10.1. The number of hydrogen-bond acceptors (Lipinski definition) is 4. The third-order valence-corrected chi connectivity index (χ3v) is 3.32. The molecule has 0 N–H and O–H groups in total. The quantitative estimate of drug-likeness (QED) is 0.838. The highest BCUT2D eigenvalue weighted by Gasteiger charge is 2.22. The van der Waals surface area contributed by atoms with Crippen LogP contribution in [0.3, 0.4) is 0 Å². The summed E-state index contributed by atoms with van der Waals surface area (Å²) in [6.07, 6.45) is 3.77. The van der Waals surface area contributed by atoms with Gasteiger partial charge in [-0.15, -0.1) is 0 Å². The van der Waals surface area contributed by atoms with E-state index in [0.29, 0.717) is 19.7 Å². The molecule has 0 aliphatic carbocycles. The van der Waals surface area contributed by atoms with Gasteiger partial charge in [0.05, 0.1) is 12.2 Å². The van der Waals surface area contributed by atoms with E-state index >= 15 is 0 Å². The van der Waals surface area contributed by atoms with Crippen LogP contribution in [0.25, 0.3) is 0 Å². The molecule has 0 bridgehead atoms. The molecule has 1 aliphatic heterocycles. The first-order valence-electron chi connectivity index (χ1n) is 6.56. The average molecular weight is 269 g/mol. The van der Waals surface area contributed by atoms with Gasteiger partial charge in [0.25, 0.3) is 0 Å². The summed E-state index contributed by atoms with van der Waals surface area (Å²) in [5.41, 5.74) is 3.00. The molecule has 5 nitrogen and oxygen atoms in total. The van der Waals surface area contributed by atoms with Gasteiger partial charge >= 0.3 is 6.09 Å². The molecule has 2 heterocycles. The van der Waals surface area contributed by atoms with E-state index in [4.69, 9.17) is 4.74 Å². The number of ether oxygens (including phenoxy) is 1. The Morgan fingerprint density at radius 1 is 1.30 bits per heavy atom. The van der Waals surface area contributed by atoms with Crippen molar-refractivity contribution in [1.29, 1.82) is 0 Å². The van der Waals surface area contributed by atoms with Crippen molar-refractivity contribution in [3.63, 3.8) is 0 Å². The van der Waals surface area contributed by atoms with Crippen LogP contribution < -0.4 is 0 Å². The molecule has 0 fully saturated rings. The summed E-state index contributed by atoms with van der Waals surface area (Å²) in [6.45, 7) is 1.45. The van der Waals surface area contributed by atoms with Gasteiger partial charge in [0.1, 0.15) is 12.9 Å². The van der Waals surface area contributed by atoms with E-state index in [0.717, 1.165) is 23.2 Å². The smallest absolute Gasteiger partial charge is 0.410 e. The summed E-state index contributed by atoms with van der Waals surface area (Å²) in [5, 5.41) is 0. The van der Waals surface area contributed by atoms with Gasteiger partial charge in [-0.25, -0.2) is 14.8 Å². The van der Waals surface area contributed by atoms with E-state index in [1.54, 1.807) is 17.4 Å². The SMILES string of the molecule is O=C(OCc1ccccc1)N1CCc2ncncc2C1. The molecule has 1 aromatic carbocycles. The zero-order valence-corrected chi connectivity index (χ0v) is 11.0. The van der Waals surface area contributed by atoms with Gasteiger partial charge in [-0.2, -0.15) is 0 Å². The van der Waals surface area contributed by atoms with Crippen molar-refractivity contribution >= 4 is 6.09 Å². The molecule has 3 rings (SSSR count). The molecule has 2 aromatic rings. The monoisotopic (exact) mass is 269 g/mol. The second-order valence-electron chi connectivity index (χ2n) is 4.71. The number of carbonyl (C=O) groups is 1. The van der Waals surface area contributed by atoms with Gasteiger partial charge in [-0.3, -0.25) is 0 Å². The molecule has 0 unspecified atom stereocenters. The highest BCUT2D eigenvalue weighted by Crippen LogP contribution is 2.16. The normalized spacial score (nSPS) is 13.7. The summed E-state index contributed by atoms with van der Waals surface area (Å²) < 4.78 is 5.33. The summed E-state index contributed by atoms with van der Waals surface area (Å²) >= 11 is 0. The van der Waals surface area contributed by atoms with Crippen LogP contribution >= 0.6 is 0 Å². The fourth-order valence-corrected chi connectivity index (χ4v) is 2.23. The lowest BCUT2D eigenvalue weighted by molar-refractivity contribution is 0.0915. The molecular formula is C15H15N3O2. The van der Waals surface area contributed by atoms with Crippen LogP contribution in [0.15, 0.2) is 42.9 Å². The third kappa shape index (κ3) is 2.77. The Bertz CT molecular complexity index is 601. The predicted octanol–water partition coefficient (Wildman–Crippen LogP) is 2.17. The van der Waals surface area contributed by atoms with Crippen molar-refractivity contribution in [1.82, 2.24) is 14.9 Å². The average Bonchev–Trinajstić information content (AvgIpc) is 2.53. The Morgan fingerprint density at radius 3 is 3.00 bits per heavy atom. The van der Waals surface area contributed by atoms with E-state index < -0.39 is 0 Å². The fourth-order valence-electron chi connectivity index (χ4n) is 2.23. The Balaban J connectivity index is 1.59. The van der Waals surface area contributed by atoms with Crippen molar-refractivity contribution in [2.75, 3.05) is 6.54 Å². The largest absolute Gasteiger partial charge is 0.445 e. The van der Waals surface area contributed by atoms with E-state index in [1.165, 1.54) is 0 Å². The zero-order chi connectivity index (χ0) is 13.8. The van der Waals surface area contributed by atoms with Crippen molar-refractivity contribution < 1.29 is 9.53 Å². The van der Waals surface area contributed by atoms with Crippen LogP contribution in [0.4, 0.5) is 4.79 Å². The highest BCUT2D eigenvalue weighted by atomic mass is 16.6.